The van der Waals surface area contributed by atoms with Gasteiger partial charge in [-0.1, -0.05) is 60.7 Å². The van der Waals surface area contributed by atoms with Crippen LogP contribution in [0.15, 0.2) is 60.7 Å². The summed E-state index contributed by atoms with van der Waals surface area (Å²) in [6, 6.07) is 19.6. The molecule has 0 spiro atoms. The van der Waals surface area contributed by atoms with Gasteiger partial charge in [0.05, 0.1) is 0 Å². The first-order chi connectivity index (χ1) is 10.7. The molecule has 0 aromatic heterocycles. The highest BCUT2D eigenvalue weighted by Crippen LogP contribution is 2.37. The largest absolute Gasteiger partial charge is 0.299 e. The highest BCUT2D eigenvalue weighted by molar-refractivity contribution is 5.93. The lowest BCUT2D eigenvalue weighted by Gasteiger charge is -2.34. The van der Waals surface area contributed by atoms with E-state index in [2.05, 4.69) is 0 Å². The standard InChI is InChI=1S/C20H20O2/c21-19(13-15-7-3-1-4-8-15)17-11-12-18(17)20(22)14-16-9-5-2-6-10-16/h1-10,17-18H,11-14H2. The zero-order valence-corrected chi connectivity index (χ0v) is 12.6. The summed E-state index contributed by atoms with van der Waals surface area (Å²) in [4.78, 5) is 24.8. The van der Waals surface area contributed by atoms with E-state index >= 15 is 0 Å². The van der Waals surface area contributed by atoms with Gasteiger partial charge in [-0.3, -0.25) is 9.59 Å². The van der Waals surface area contributed by atoms with E-state index in [9.17, 15) is 9.59 Å². The molecule has 0 aliphatic heterocycles. The minimum Gasteiger partial charge on any atom is -0.299 e. The zero-order valence-electron chi connectivity index (χ0n) is 12.6. The van der Waals surface area contributed by atoms with E-state index < -0.39 is 0 Å². The van der Waals surface area contributed by atoms with Crippen LogP contribution in [0.3, 0.4) is 0 Å². The van der Waals surface area contributed by atoms with Crippen molar-refractivity contribution in [2.75, 3.05) is 0 Å². The Bertz CT molecular complexity index is 586. The van der Waals surface area contributed by atoms with Crippen molar-refractivity contribution in [3.63, 3.8) is 0 Å². The summed E-state index contributed by atoms with van der Waals surface area (Å²) in [5.41, 5.74) is 2.07. The van der Waals surface area contributed by atoms with Crippen molar-refractivity contribution in [1.29, 1.82) is 0 Å². The molecule has 22 heavy (non-hydrogen) atoms. The summed E-state index contributed by atoms with van der Waals surface area (Å²) in [7, 11) is 0. The van der Waals surface area contributed by atoms with Crippen molar-refractivity contribution in [2.24, 2.45) is 11.8 Å². The Morgan fingerprint density at radius 2 is 1.05 bits per heavy atom. The van der Waals surface area contributed by atoms with Crippen molar-refractivity contribution >= 4 is 11.6 Å². The molecule has 0 bridgehead atoms. The van der Waals surface area contributed by atoms with Gasteiger partial charge in [0, 0.05) is 24.7 Å². The highest BCUT2D eigenvalue weighted by atomic mass is 16.1. The van der Waals surface area contributed by atoms with Gasteiger partial charge in [0.25, 0.3) is 0 Å². The van der Waals surface area contributed by atoms with Gasteiger partial charge in [0.2, 0.25) is 0 Å². The number of hydrogen-bond acceptors (Lipinski definition) is 2. The molecule has 3 rings (SSSR count). The van der Waals surface area contributed by atoms with Crippen LogP contribution >= 0.6 is 0 Å². The minimum absolute atomic E-state index is 0.0728. The second-order valence-electron chi connectivity index (χ2n) is 6.05. The van der Waals surface area contributed by atoms with Crippen molar-refractivity contribution in [1.82, 2.24) is 0 Å². The third-order valence-corrected chi connectivity index (χ3v) is 4.54. The van der Waals surface area contributed by atoms with Crippen molar-refractivity contribution < 1.29 is 9.59 Å². The lowest BCUT2D eigenvalue weighted by atomic mass is 9.67. The molecule has 1 aliphatic rings. The van der Waals surface area contributed by atoms with Gasteiger partial charge in [0.1, 0.15) is 11.6 Å². The van der Waals surface area contributed by atoms with Crippen LogP contribution in [0.25, 0.3) is 0 Å². The Kier molecular flexibility index (Phi) is 4.47. The number of carbonyl (C=O) groups is 2. The quantitative estimate of drug-likeness (QED) is 0.814. The molecule has 2 unspecified atom stereocenters. The van der Waals surface area contributed by atoms with E-state index in [0.717, 1.165) is 24.0 Å². The van der Waals surface area contributed by atoms with E-state index in [1.165, 1.54) is 0 Å². The van der Waals surface area contributed by atoms with Crippen LogP contribution in [0.1, 0.15) is 24.0 Å². The summed E-state index contributed by atoms with van der Waals surface area (Å²) in [6.07, 6.45) is 2.61. The topological polar surface area (TPSA) is 34.1 Å². The second kappa shape index (κ2) is 6.69. The predicted octanol–water partition coefficient (Wildman–Crippen LogP) is 3.64. The van der Waals surface area contributed by atoms with Gasteiger partial charge < -0.3 is 0 Å². The summed E-state index contributed by atoms with van der Waals surface area (Å²) in [5.74, 6) is 0.278. The molecule has 2 heteroatoms. The smallest absolute Gasteiger partial charge is 0.141 e. The van der Waals surface area contributed by atoms with Crippen LogP contribution in [0, 0.1) is 11.8 Å². The Morgan fingerprint density at radius 3 is 1.36 bits per heavy atom. The molecule has 1 saturated carbocycles. The first-order valence-electron chi connectivity index (χ1n) is 7.87. The molecule has 2 aromatic rings. The van der Waals surface area contributed by atoms with Gasteiger partial charge in [-0.2, -0.15) is 0 Å². The number of Topliss-reactive ketones (excluding diaryl/α,β-unsaturated/α-hetero) is 2. The minimum atomic E-state index is -0.0728. The lowest BCUT2D eigenvalue weighted by molar-refractivity contribution is -0.137. The molecular weight excluding hydrogens is 272 g/mol. The van der Waals surface area contributed by atoms with E-state index in [4.69, 9.17) is 0 Å². The number of carbonyl (C=O) groups excluding carboxylic acids is 2. The maximum atomic E-state index is 12.4. The van der Waals surface area contributed by atoms with Gasteiger partial charge in [0.15, 0.2) is 0 Å². The fourth-order valence-corrected chi connectivity index (χ4v) is 3.13. The maximum absolute atomic E-state index is 12.4. The average molecular weight is 292 g/mol. The molecule has 2 atom stereocenters. The molecule has 112 valence electrons. The summed E-state index contributed by atoms with van der Waals surface area (Å²) in [5, 5.41) is 0. The number of ketones is 2. The molecule has 0 amide bonds. The number of benzene rings is 2. The summed E-state index contributed by atoms with van der Waals surface area (Å²) < 4.78 is 0. The normalized spacial score (nSPS) is 20.2. The Balaban J connectivity index is 1.59. The van der Waals surface area contributed by atoms with E-state index in [-0.39, 0.29) is 23.4 Å². The molecule has 0 N–H and O–H groups in total. The zero-order chi connectivity index (χ0) is 15.4. The van der Waals surface area contributed by atoms with Gasteiger partial charge >= 0.3 is 0 Å². The first-order valence-corrected chi connectivity index (χ1v) is 7.87. The van der Waals surface area contributed by atoms with Crippen molar-refractivity contribution in [3.05, 3.63) is 71.8 Å². The third-order valence-electron chi connectivity index (χ3n) is 4.54. The molecule has 2 nitrogen and oxygen atoms in total. The second-order valence-corrected chi connectivity index (χ2v) is 6.05. The number of hydrogen-bond donors (Lipinski definition) is 0. The lowest BCUT2D eigenvalue weighted by Crippen LogP contribution is -2.39. The molecule has 1 aliphatic carbocycles. The van der Waals surface area contributed by atoms with Gasteiger partial charge in [-0.05, 0) is 24.0 Å². The fourth-order valence-electron chi connectivity index (χ4n) is 3.13. The molecule has 0 saturated heterocycles. The monoisotopic (exact) mass is 292 g/mol. The van der Waals surface area contributed by atoms with Crippen LogP contribution in [-0.4, -0.2) is 11.6 Å². The molecule has 1 fully saturated rings. The summed E-state index contributed by atoms with van der Waals surface area (Å²) in [6.45, 7) is 0. The Morgan fingerprint density at radius 1 is 0.682 bits per heavy atom. The highest BCUT2D eigenvalue weighted by Gasteiger charge is 2.40. The molecular formula is C20H20O2. The number of rotatable bonds is 6. The predicted molar refractivity (Wildman–Crippen MR) is 86.5 cm³/mol. The van der Waals surface area contributed by atoms with E-state index in [1.807, 2.05) is 60.7 Å². The summed E-state index contributed by atoms with van der Waals surface area (Å²) >= 11 is 0. The molecule has 0 heterocycles. The third kappa shape index (κ3) is 3.33. The van der Waals surface area contributed by atoms with Crippen molar-refractivity contribution in [2.45, 2.75) is 25.7 Å². The van der Waals surface area contributed by atoms with Gasteiger partial charge in [-0.15, -0.1) is 0 Å². The van der Waals surface area contributed by atoms with Crippen LogP contribution in [0.5, 0.6) is 0 Å². The fraction of sp³-hybridized carbons (Fsp3) is 0.300. The SMILES string of the molecule is O=C(Cc1ccccc1)C1CCC1C(=O)Cc1ccccc1. The van der Waals surface area contributed by atoms with Crippen LogP contribution < -0.4 is 0 Å². The van der Waals surface area contributed by atoms with E-state index in [1.54, 1.807) is 0 Å². The average Bonchev–Trinajstić information content (AvgIpc) is 2.48. The Hall–Kier alpha value is -2.22. The van der Waals surface area contributed by atoms with Crippen LogP contribution in [0.2, 0.25) is 0 Å². The van der Waals surface area contributed by atoms with E-state index in [0.29, 0.717) is 12.8 Å². The molecule has 0 radical (unpaired) electrons. The Labute approximate surface area is 131 Å². The van der Waals surface area contributed by atoms with Crippen LogP contribution in [0.4, 0.5) is 0 Å². The molecule has 2 aromatic carbocycles. The van der Waals surface area contributed by atoms with Crippen LogP contribution in [-0.2, 0) is 22.4 Å². The first kappa shape index (κ1) is 14.7. The van der Waals surface area contributed by atoms with Crippen molar-refractivity contribution in [3.8, 4) is 0 Å². The van der Waals surface area contributed by atoms with Gasteiger partial charge in [-0.25, -0.2) is 0 Å². The maximum Gasteiger partial charge on any atom is 0.141 e.